The van der Waals surface area contributed by atoms with Crippen LogP contribution in [0.25, 0.3) is 0 Å². The molecule has 6 nitrogen and oxygen atoms in total. The van der Waals surface area contributed by atoms with Crippen molar-refractivity contribution in [3.05, 3.63) is 0 Å². The maximum atomic E-state index is 12.2. The minimum absolute atomic E-state index is 0.0117. The zero-order chi connectivity index (χ0) is 11.8. The van der Waals surface area contributed by atoms with Gasteiger partial charge in [0.05, 0.1) is 0 Å². The number of rotatable bonds is 1. The molecule has 2 aliphatic rings. The van der Waals surface area contributed by atoms with Crippen molar-refractivity contribution in [3.63, 3.8) is 0 Å². The number of hydrogen-bond donors (Lipinski definition) is 1. The molecule has 0 spiro atoms. The molecular formula is C10H19N4O2+. The lowest BCUT2D eigenvalue weighted by molar-refractivity contribution is -1.08. The molecule has 0 aromatic heterocycles. The van der Waals surface area contributed by atoms with Crippen LogP contribution in [0, 0.1) is 0 Å². The lowest BCUT2D eigenvalue weighted by atomic mass is 10.1. The fraction of sp³-hybridized carbons (Fsp3) is 0.800. The van der Waals surface area contributed by atoms with Crippen LogP contribution in [0.5, 0.6) is 0 Å². The number of amides is 1. The highest BCUT2D eigenvalue weighted by molar-refractivity contribution is 6.40. The van der Waals surface area contributed by atoms with Gasteiger partial charge < -0.3 is 10.2 Å². The summed E-state index contributed by atoms with van der Waals surface area (Å²) in [6, 6.07) is -0.0117. The van der Waals surface area contributed by atoms with Crippen molar-refractivity contribution in [2.24, 2.45) is 5.16 Å². The van der Waals surface area contributed by atoms with Crippen LogP contribution in [0.3, 0.4) is 0 Å². The fourth-order valence-electron chi connectivity index (χ4n) is 1.84. The third kappa shape index (κ3) is 1.90. The predicted molar refractivity (Wildman–Crippen MR) is 59.5 cm³/mol. The van der Waals surface area contributed by atoms with E-state index in [0.717, 1.165) is 26.2 Å². The molecule has 0 aliphatic carbocycles. The van der Waals surface area contributed by atoms with Crippen molar-refractivity contribution < 1.29 is 14.4 Å². The number of oxime groups is 1. The van der Waals surface area contributed by atoms with Gasteiger partial charge in [0.1, 0.15) is 14.1 Å². The summed E-state index contributed by atoms with van der Waals surface area (Å²) in [5.41, 5.74) is 0.534. The highest BCUT2D eigenvalue weighted by Crippen LogP contribution is 2.18. The summed E-state index contributed by atoms with van der Waals surface area (Å²) in [5.74, 6) is 0.0118. The number of piperazine rings is 1. The van der Waals surface area contributed by atoms with Crippen molar-refractivity contribution in [2.45, 2.75) is 13.0 Å². The number of carbonyl (C=O) groups is 1. The molecule has 2 rings (SSSR count). The van der Waals surface area contributed by atoms with E-state index in [1.165, 1.54) is 0 Å². The standard InChI is InChI=1S/C10H19N4O2/c1-8-9(12-16-14(8,2)3)10(15)13-6-4-11-5-7-13/h8,11H,4-7H2,1-3H3/q+1. The minimum Gasteiger partial charge on any atom is -0.335 e. The van der Waals surface area contributed by atoms with Gasteiger partial charge in [-0.3, -0.25) is 4.79 Å². The Morgan fingerprint density at radius 3 is 2.62 bits per heavy atom. The van der Waals surface area contributed by atoms with Gasteiger partial charge in [0.15, 0.2) is 6.04 Å². The van der Waals surface area contributed by atoms with E-state index in [1.54, 1.807) is 0 Å². The summed E-state index contributed by atoms with van der Waals surface area (Å²) in [4.78, 5) is 19.2. The molecule has 1 unspecified atom stereocenters. The predicted octanol–water partition coefficient (Wildman–Crippen LogP) is -0.816. The van der Waals surface area contributed by atoms with Gasteiger partial charge in [-0.2, -0.15) is 4.94 Å². The number of carbonyl (C=O) groups excluding carboxylic acids is 1. The molecule has 0 bridgehead atoms. The molecule has 0 saturated carbocycles. The molecule has 1 fully saturated rings. The molecule has 2 heterocycles. The van der Waals surface area contributed by atoms with E-state index in [4.69, 9.17) is 4.94 Å². The quantitative estimate of drug-likeness (QED) is 0.596. The first-order chi connectivity index (χ1) is 7.52. The molecule has 1 atom stereocenters. The molecule has 0 radical (unpaired) electrons. The maximum absolute atomic E-state index is 12.2. The van der Waals surface area contributed by atoms with Gasteiger partial charge in [-0.05, 0) is 12.1 Å². The smallest absolute Gasteiger partial charge is 0.278 e. The van der Waals surface area contributed by atoms with Gasteiger partial charge in [0, 0.05) is 26.2 Å². The lowest BCUT2D eigenvalue weighted by Crippen LogP contribution is -2.53. The van der Waals surface area contributed by atoms with Crippen LogP contribution in [-0.2, 0) is 9.73 Å². The molecule has 16 heavy (non-hydrogen) atoms. The van der Waals surface area contributed by atoms with Crippen LogP contribution >= 0.6 is 0 Å². The molecule has 0 aromatic rings. The van der Waals surface area contributed by atoms with Crippen LogP contribution < -0.4 is 5.32 Å². The summed E-state index contributed by atoms with van der Waals surface area (Å²) < 4.78 is 0.285. The van der Waals surface area contributed by atoms with E-state index in [-0.39, 0.29) is 16.6 Å². The number of nitrogens with zero attached hydrogens (tertiary/aromatic N) is 3. The molecule has 1 amide bonds. The first kappa shape index (κ1) is 11.3. The third-order valence-electron chi connectivity index (χ3n) is 3.30. The Hall–Kier alpha value is -1.14. The van der Waals surface area contributed by atoms with E-state index in [1.807, 2.05) is 25.9 Å². The Morgan fingerprint density at radius 1 is 1.50 bits per heavy atom. The first-order valence-corrected chi connectivity index (χ1v) is 5.62. The normalized spacial score (nSPS) is 28.6. The molecule has 1 saturated heterocycles. The molecule has 90 valence electrons. The van der Waals surface area contributed by atoms with Crippen molar-refractivity contribution in [3.8, 4) is 0 Å². The highest BCUT2D eigenvalue weighted by atomic mass is 16.8. The second-order valence-corrected chi connectivity index (χ2v) is 4.71. The van der Waals surface area contributed by atoms with Gasteiger partial charge in [0.25, 0.3) is 5.91 Å². The van der Waals surface area contributed by atoms with Crippen molar-refractivity contribution in [2.75, 3.05) is 40.3 Å². The fourth-order valence-corrected chi connectivity index (χ4v) is 1.84. The monoisotopic (exact) mass is 227 g/mol. The summed E-state index contributed by atoms with van der Waals surface area (Å²) in [5, 5.41) is 7.14. The average Bonchev–Trinajstić information content (AvgIpc) is 2.55. The van der Waals surface area contributed by atoms with Crippen LogP contribution in [0.1, 0.15) is 6.92 Å². The molecule has 0 aromatic carbocycles. The van der Waals surface area contributed by atoms with Gasteiger partial charge in [0.2, 0.25) is 5.71 Å². The summed E-state index contributed by atoms with van der Waals surface area (Å²) in [7, 11) is 3.79. The minimum atomic E-state index is -0.0117. The average molecular weight is 227 g/mol. The number of nitrogens with one attached hydrogen (secondary N) is 1. The van der Waals surface area contributed by atoms with E-state index >= 15 is 0 Å². The van der Waals surface area contributed by atoms with Crippen LogP contribution in [0.15, 0.2) is 5.16 Å². The first-order valence-electron chi connectivity index (χ1n) is 5.62. The van der Waals surface area contributed by atoms with E-state index in [9.17, 15) is 4.79 Å². The molecule has 6 heteroatoms. The van der Waals surface area contributed by atoms with E-state index in [2.05, 4.69) is 10.5 Å². The second-order valence-electron chi connectivity index (χ2n) is 4.71. The highest BCUT2D eigenvalue weighted by Gasteiger charge is 2.43. The Morgan fingerprint density at radius 2 is 2.12 bits per heavy atom. The van der Waals surface area contributed by atoms with Gasteiger partial charge in [-0.1, -0.05) is 0 Å². The summed E-state index contributed by atoms with van der Waals surface area (Å²) in [6.07, 6.45) is 0. The van der Waals surface area contributed by atoms with Gasteiger partial charge in [-0.15, -0.1) is 4.65 Å². The Bertz CT molecular complexity index is 321. The Balaban J connectivity index is 2.05. The second kappa shape index (κ2) is 4.03. The van der Waals surface area contributed by atoms with Crippen molar-refractivity contribution >= 4 is 11.6 Å². The Kier molecular flexibility index (Phi) is 2.86. The van der Waals surface area contributed by atoms with Gasteiger partial charge in [-0.25, -0.2) is 0 Å². The molecule has 1 N–H and O–H groups in total. The summed E-state index contributed by atoms with van der Waals surface area (Å²) >= 11 is 0. The van der Waals surface area contributed by atoms with E-state index in [0.29, 0.717) is 5.71 Å². The largest absolute Gasteiger partial charge is 0.335 e. The van der Waals surface area contributed by atoms with Crippen LogP contribution in [0.2, 0.25) is 0 Å². The zero-order valence-corrected chi connectivity index (χ0v) is 10.1. The van der Waals surface area contributed by atoms with Crippen LogP contribution in [-0.4, -0.2) is 67.5 Å². The lowest BCUT2D eigenvalue weighted by Gasteiger charge is -2.28. The Labute approximate surface area is 95.4 Å². The SMILES string of the molecule is CC1C(C(=O)N2CCNCC2)=NO[N+]1(C)C. The molecule has 2 aliphatic heterocycles. The summed E-state index contributed by atoms with van der Waals surface area (Å²) in [6.45, 7) is 5.17. The van der Waals surface area contributed by atoms with Crippen molar-refractivity contribution in [1.29, 1.82) is 0 Å². The van der Waals surface area contributed by atoms with Crippen molar-refractivity contribution in [1.82, 2.24) is 10.2 Å². The van der Waals surface area contributed by atoms with Gasteiger partial charge >= 0.3 is 0 Å². The number of hydroxylamine groups is 3. The number of hydrogen-bond acceptors (Lipinski definition) is 4. The number of quaternary nitrogens is 1. The third-order valence-corrected chi connectivity index (χ3v) is 3.30. The van der Waals surface area contributed by atoms with Crippen LogP contribution in [0.4, 0.5) is 0 Å². The molecular weight excluding hydrogens is 208 g/mol. The van der Waals surface area contributed by atoms with E-state index < -0.39 is 0 Å². The maximum Gasteiger partial charge on any atom is 0.278 e. The topological polar surface area (TPSA) is 53.9 Å². The zero-order valence-electron chi connectivity index (χ0n) is 10.1.